The second-order valence-corrected chi connectivity index (χ2v) is 3.94. The van der Waals surface area contributed by atoms with Gasteiger partial charge in [-0.1, -0.05) is 0 Å². The first-order valence-corrected chi connectivity index (χ1v) is 5.34. The number of ketones is 1. The first-order valence-electron chi connectivity index (χ1n) is 5.34. The van der Waals surface area contributed by atoms with Crippen LogP contribution >= 0.6 is 0 Å². The summed E-state index contributed by atoms with van der Waals surface area (Å²) in [6, 6.07) is 5.44. The number of aromatic nitrogens is 1. The Hall–Kier alpha value is -2.10. The Kier molecular flexibility index (Phi) is 2.95. The van der Waals surface area contributed by atoms with E-state index in [1.807, 2.05) is 12.1 Å². The number of hydrogen-bond acceptors (Lipinski definition) is 3. The third-order valence-electron chi connectivity index (χ3n) is 2.82. The molecule has 0 radical (unpaired) electrons. The van der Waals surface area contributed by atoms with Crippen molar-refractivity contribution in [3.05, 3.63) is 35.5 Å². The Bertz CT molecular complexity index is 571. The molecule has 1 aromatic carbocycles. The summed E-state index contributed by atoms with van der Waals surface area (Å²) in [5, 5.41) is 0.909. The Morgan fingerprint density at radius 2 is 2.24 bits per heavy atom. The van der Waals surface area contributed by atoms with E-state index in [-0.39, 0.29) is 11.9 Å². The van der Waals surface area contributed by atoms with Crippen molar-refractivity contribution >= 4 is 23.2 Å². The molecule has 0 aliphatic carbocycles. The van der Waals surface area contributed by atoms with E-state index in [0.717, 1.165) is 16.5 Å². The monoisotopic (exact) mass is 231 g/mol. The lowest BCUT2D eigenvalue weighted by Gasteiger charge is -2.08. The summed E-state index contributed by atoms with van der Waals surface area (Å²) >= 11 is 0. The van der Waals surface area contributed by atoms with Crippen molar-refractivity contribution in [2.45, 2.75) is 20.0 Å². The lowest BCUT2D eigenvalue weighted by atomic mass is 10.0. The molecule has 0 fully saturated rings. The van der Waals surface area contributed by atoms with Gasteiger partial charge >= 0.3 is 0 Å². The number of H-pyrrole nitrogens is 1. The summed E-state index contributed by atoms with van der Waals surface area (Å²) in [6.45, 7) is 3.74. The second-order valence-electron chi connectivity index (χ2n) is 3.94. The summed E-state index contributed by atoms with van der Waals surface area (Å²) in [7, 11) is 0. The maximum atomic E-state index is 11.3. The molecule has 2 aromatic rings. The van der Waals surface area contributed by atoms with Crippen molar-refractivity contribution < 1.29 is 14.3 Å². The molecule has 1 N–H and O–H groups in total. The molecule has 0 saturated heterocycles. The Labute approximate surface area is 98.6 Å². The largest absolute Gasteiger partial charge is 0.460 e. The first kappa shape index (κ1) is 11.4. The highest BCUT2D eigenvalue weighted by Crippen LogP contribution is 2.26. The van der Waals surface area contributed by atoms with Gasteiger partial charge in [-0.3, -0.25) is 9.59 Å². The molecule has 0 aliphatic rings. The SMILES string of the molecule is CC(=O)c1ccc2[nH]cc(C(C)OC=O)c2c1. The van der Waals surface area contributed by atoms with Gasteiger partial charge in [-0.25, -0.2) is 0 Å². The van der Waals surface area contributed by atoms with Crippen LogP contribution in [0.4, 0.5) is 0 Å². The van der Waals surface area contributed by atoms with E-state index in [2.05, 4.69) is 4.98 Å². The van der Waals surface area contributed by atoms with Gasteiger partial charge in [0.2, 0.25) is 0 Å². The van der Waals surface area contributed by atoms with Gasteiger partial charge in [-0.15, -0.1) is 0 Å². The summed E-state index contributed by atoms with van der Waals surface area (Å²) in [6.07, 6.45) is 1.46. The van der Waals surface area contributed by atoms with E-state index in [9.17, 15) is 9.59 Å². The fourth-order valence-corrected chi connectivity index (χ4v) is 1.85. The Balaban J connectivity index is 2.53. The van der Waals surface area contributed by atoms with Gasteiger partial charge in [0.1, 0.15) is 6.10 Å². The Morgan fingerprint density at radius 3 is 2.88 bits per heavy atom. The van der Waals surface area contributed by atoms with Crippen molar-refractivity contribution in [2.24, 2.45) is 0 Å². The zero-order valence-electron chi connectivity index (χ0n) is 9.69. The van der Waals surface area contributed by atoms with Crippen LogP contribution in [0.2, 0.25) is 0 Å². The minimum Gasteiger partial charge on any atom is -0.460 e. The summed E-state index contributed by atoms with van der Waals surface area (Å²) < 4.78 is 4.91. The van der Waals surface area contributed by atoms with Gasteiger partial charge in [-0.05, 0) is 32.0 Å². The molecule has 2 rings (SSSR count). The molecule has 1 unspecified atom stereocenters. The quantitative estimate of drug-likeness (QED) is 0.650. The highest BCUT2D eigenvalue weighted by molar-refractivity contribution is 5.98. The zero-order valence-corrected chi connectivity index (χ0v) is 9.69. The molecule has 0 amide bonds. The number of fused-ring (bicyclic) bond motifs is 1. The highest BCUT2D eigenvalue weighted by Gasteiger charge is 2.13. The molecule has 17 heavy (non-hydrogen) atoms. The van der Waals surface area contributed by atoms with Crippen LogP contribution in [0.25, 0.3) is 10.9 Å². The lowest BCUT2D eigenvalue weighted by Crippen LogP contribution is -1.97. The second kappa shape index (κ2) is 4.41. The van der Waals surface area contributed by atoms with Crippen molar-refractivity contribution in [3.63, 3.8) is 0 Å². The van der Waals surface area contributed by atoms with E-state index in [1.54, 1.807) is 19.2 Å². The molecular formula is C13H13NO3. The standard InChI is InChI=1S/C13H13NO3/c1-8(16)10-3-4-13-11(5-10)12(6-14-13)9(2)17-7-15/h3-7,9,14H,1-2H3. The fraction of sp³-hybridized carbons (Fsp3) is 0.231. The third-order valence-corrected chi connectivity index (χ3v) is 2.82. The van der Waals surface area contributed by atoms with E-state index in [1.165, 1.54) is 6.92 Å². The summed E-state index contributed by atoms with van der Waals surface area (Å²) in [5.74, 6) is 0.0167. The van der Waals surface area contributed by atoms with Crippen LogP contribution < -0.4 is 0 Å². The molecule has 1 atom stereocenters. The average molecular weight is 231 g/mol. The maximum Gasteiger partial charge on any atom is 0.293 e. The smallest absolute Gasteiger partial charge is 0.293 e. The molecular weight excluding hydrogens is 218 g/mol. The van der Waals surface area contributed by atoms with Gasteiger partial charge in [-0.2, -0.15) is 0 Å². The van der Waals surface area contributed by atoms with E-state index in [4.69, 9.17) is 4.74 Å². The van der Waals surface area contributed by atoms with E-state index >= 15 is 0 Å². The van der Waals surface area contributed by atoms with Crippen LogP contribution in [0.1, 0.15) is 35.9 Å². The minimum atomic E-state index is -0.330. The molecule has 0 bridgehead atoms. The number of rotatable bonds is 4. The number of ether oxygens (including phenoxy) is 1. The van der Waals surface area contributed by atoms with Crippen LogP contribution in [0.3, 0.4) is 0 Å². The van der Waals surface area contributed by atoms with Crippen molar-refractivity contribution in [2.75, 3.05) is 0 Å². The molecule has 1 aromatic heterocycles. The number of carbonyl (C=O) groups excluding carboxylic acids is 2. The molecule has 1 heterocycles. The highest BCUT2D eigenvalue weighted by atomic mass is 16.5. The fourth-order valence-electron chi connectivity index (χ4n) is 1.85. The zero-order chi connectivity index (χ0) is 12.4. The van der Waals surface area contributed by atoms with Crippen LogP contribution in [0, 0.1) is 0 Å². The predicted molar refractivity (Wildman–Crippen MR) is 63.9 cm³/mol. The van der Waals surface area contributed by atoms with E-state index in [0.29, 0.717) is 12.0 Å². The van der Waals surface area contributed by atoms with Gasteiger partial charge in [0.05, 0.1) is 0 Å². The van der Waals surface area contributed by atoms with Crippen LogP contribution in [0.5, 0.6) is 0 Å². The van der Waals surface area contributed by atoms with Crippen LogP contribution in [-0.4, -0.2) is 17.2 Å². The topological polar surface area (TPSA) is 59.2 Å². The summed E-state index contributed by atoms with van der Waals surface area (Å²) in [4.78, 5) is 24.7. The Morgan fingerprint density at radius 1 is 1.47 bits per heavy atom. The lowest BCUT2D eigenvalue weighted by molar-refractivity contribution is -0.133. The number of nitrogens with one attached hydrogen (secondary N) is 1. The van der Waals surface area contributed by atoms with Crippen LogP contribution in [-0.2, 0) is 9.53 Å². The number of aromatic amines is 1. The molecule has 4 heteroatoms. The average Bonchev–Trinajstić information content (AvgIpc) is 2.71. The van der Waals surface area contributed by atoms with Crippen molar-refractivity contribution in [1.82, 2.24) is 4.98 Å². The normalized spacial score (nSPS) is 12.4. The number of hydrogen-bond donors (Lipinski definition) is 1. The third kappa shape index (κ3) is 2.06. The van der Waals surface area contributed by atoms with Crippen LogP contribution in [0.15, 0.2) is 24.4 Å². The maximum absolute atomic E-state index is 11.3. The van der Waals surface area contributed by atoms with Crippen molar-refractivity contribution in [3.8, 4) is 0 Å². The van der Waals surface area contributed by atoms with Gasteiger partial charge < -0.3 is 9.72 Å². The summed E-state index contributed by atoms with van der Waals surface area (Å²) in [5.41, 5.74) is 2.44. The van der Waals surface area contributed by atoms with Crippen molar-refractivity contribution in [1.29, 1.82) is 0 Å². The first-order chi connectivity index (χ1) is 8.13. The minimum absolute atomic E-state index is 0.0167. The molecule has 4 nitrogen and oxygen atoms in total. The molecule has 0 aliphatic heterocycles. The number of Topliss-reactive ketones (excluding diaryl/α,β-unsaturated/α-hetero) is 1. The molecule has 0 saturated carbocycles. The van der Waals surface area contributed by atoms with Gasteiger partial charge in [0, 0.05) is 28.2 Å². The number of carbonyl (C=O) groups is 2. The predicted octanol–water partition coefficient (Wildman–Crippen LogP) is 2.60. The van der Waals surface area contributed by atoms with Gasteiger partial charge in [0.15, 0.2) is 5.78 Å². The molecule has 88 valence electrons. The number of benzene rings is 1. The van der Waals surface area contributed by atoms with E-state index < -0.39 is 0 Å². The van der Waals surface area contributed by atoms with Gasteiger partial charge in [0.25, 0.3) is 6.47 Å². The molecule has 0 spiro atoms.